The third-order valence-corrected chi connectivity index (χ3v) is 2.09. The molecule has 0 aromatic rings. The molecule has 1 saturated heterocycles. The van der Waals surface area contributed by atoms with Crippen LogP contribution in [0.1, 0.15) is 12.8 Å². The van der Waals surface area contributed by atoms with Crippen molar-refractivity contribution in [3.8, 4) is 0 Å². The summed E-state index contributed by atoms with van der Waals surface area (Å²) in [5.41, 5.74) is 0. The Bertz CT molecular complexity index is 229. The Morgan fingerprint density at radius 2 is 1.85 bits per heavy atom. The van der Waals surface area contributed by atoms with Crippen molar-refractivity contribution in [2.75, 3.05) is 6.54 Å². The van der Waals surface area contributed by atoms with E-state index in [1.807, 2.05) is 0 Å². The molecule has 0 aromatic carbocycles. The van der Waals surface area contributed by atoms with Gasteiger partial charge in [0.05, 0.1) is 12.6 Å². The minimum Gasteiger partial charge on any atom is -0.480 e. The average molecular weight is 189 g/mol. The molecule has 2 atom stereocenters. The molecule has 13 heavy (non-hydrogen) atoms. The molecule has 1 fully saturated rings. The molecule has 0 bridgehead atoms. The first-order valence-electron chi connectivity index (χ1n) is 3.93. The molecule has 0 saturated carbocycles. The van der Waals surface area contributed by atoms with E-state index < -0.39 is 24.2 Å². The predicted octanol–water partition coefficient (Wildman–Crippen LogP) is -0.426. The number of aliphatic hydroxyl groups is 1. The molecule has 0 unspecified atom stereocenters. The molecule has 6 nitrogen and oxygen atoms in total. The Hall–Kier alpha value is -1.30. The molecule has 0 radical (unpaired) electrons. The van der Waals surface area contributed by atoms with Crippen LogP contribution in [0.25, 0.3) is 0 Å². The van der Waals surface area contributed by atoms with Crippen molar-refractivity contribution in [2.45, 2.75) is 25.0 Å². The normalized spacial score (nSPS) is 28.5. The molecule has 0 aliphatic carbocycles. The zero-order valence-electron chi connectivity index (χ0n) is 6.88. The topological polar surface area (TPSA) is 98.1 Å². The van der Waals surface area contributed by atoms with Crippen molar-refractivity contribution in [2.24, 2.45) is 0 Å². The Morgan fingerprint density at radius 3 is 2.31 bits per heavy atom. The van der Waals surface area contributed by atoms with Crippen molar-refractivity contribution in [1.29, 1.82) is 0 Å². The number of rotatable bonds is 1. The number of hydrogen-bond acceptors (Lipinski definition) is 3. The number of piperidine rings is 1. The van der Waals surface area contributed by atoms with Gasteiger partial charge in [0.15, 0.2) is 0 Å². The summed E-state index contributed by atoms with van der Waals surface area (Å²) < 4.78 is 0. The quantitative estimate of drug-likeness (QED) is 0.520. The van der Waals surface area contributed by atoms with Crippen molar-refractivity contribution >= 4 is 12.1 Å². The first kappa shape index (κ1) is 9.79. The van der Waals surface area contributed by atoms with Crippen LogP contribution >= 0.6 is 0 Å². The van der Waals surface area contributed by atoms with Crippen molar-refractivity contribution in [3.05, 3.63) is 0 Å². The monoisotopic (exact) mass is 189 g/mol. The van der Waals surface area contributed by atoms with Gasteiger partial charge in [0, 0.05) is 0 Å². The van der Waals surface area contributed by atoms with Gasteiger partial charge in [0.1, 0.15) is 6.04 Å². The number of nitrogens with zero attached hydrogens (tertiary/aromatic N) is 1. The summed E-state index contributed by atoms with van der Waals surface area (Å²) in [7, 11) is 0. The summed E-state index contributed by atoms with van der Waals surface area (Å²) >= 11 is 0. The summed E-state index contributed by atoms with van der Waals surface area (Å²) in [6.07, 6.45) is -1.54. The number of carbonyl (C=O) groups is 2. The number of hydrogen-bond donors (Lipinski definition) is 3. The predicted molar refractivity (Wildman–Crippen MR) is 41.4 cm³/mol. The zero-order valence-corrected chi connectivity index (χ0v) is 6.88. The van der Waals surface area contributed by atoms with Crippen molar-refractivity contribution < 1.29 is 24.9 Å². The summed E-state index contributed by atoms with van der Waals surface area (Å²) in [5, 5.41) is 26.4. The lowest BCUT2D eigenvalue weighted by atomic mass is 10.0. The van der Waals surface area contributed by atoms with Crippen LogP contribution in [0, 0.1) is 0 Å². The van der Waals surface area contributed by atoms with Crippen LogP contribution in [-0.2, 0) is 4.79 Å². The first-order chi connectivity index (χ1) is 6.02. The maximum atomic E-state index is 10.6. The first-order valence-corrected chi connectivity index (χ1v) is 3.93. The number of aliphatic carboxylic acids is 1. The van der Waals surface area contributed by atoms with E-state index in [1.54, 1.807) is 0 Å². The summed E-state index contributed by atoms with van der Waals surface area (Å²) in [4.78, 5) is 21.9. The maximum absolute atomic E-state index is 10.6. The van der Waals surface area contributed by atoms with Gasteiger partial charge in [0.25, 0.3) is 0 Å². The molecule has 0 spiro atoms. The van der Waals surface area contributed by atoms with Gasteiger partial charge in [-0.15, -0.1) is 0 Å². The van der Waals surface area contributed by atoms with Gasteiger partial charge >= 0.3 is 12.1 Å². The van der Waals surface area contributed by atoms with Crippen LogP contribution in [0.3, 0.4) is 0 Å². The van der Waals surface area contributed by atoms with Gasteiger partial charge in [-0.25, -0.2) is 9.59 Å². The summed E-state index contributed by atoms with van der Waals surface area (Å²) in [5.74, 6) is -1.16. The van der Waals surface area contributed by atoms with Gasteiger partial charge < -0.3 is 15.3 Å². The minimum absolute atomic E-state index is 0.119. The van der Waals surface area contributed by atoms with Gasteiger partial charge in [-0.05, 0) is 12.8 Å². The number of carboxylic acids is 1. The third-order valence-electron chi connectivity index (χ3n) is 2.09. The van der Waals surface area contributed by atoms with Gasteiger partial charge in [-0.1, -0.05) is 0 Å². The maximum Gasteiger partial charge on any atom is 0.408 e. The number of aliphatic hydroxyl groups excluding tert-OH is 1. The molecule has 0 aromatic heterocycles. The molecular weight excluding hydrogens is 178 g/mol. The highest BCUT2D eigenvalue weighted by Crippen LogP contribution is 2.17. The second-order valence-corrected chi connectivity index (χ2v) is 3.02. The Morgan fingerprint density at radius 1 is 1.23 bits per heavy atom. The smallest absolute Gasteiger partial charge is 0.408 e. The molecule has 3 N–H and O–H groups in total. The van der Waals surface area contributed by atoms with Crippen molar-refractivity contribution in [1.82, 2.24) is 4.90 Å². The number of amides is 1. The van der Waals surface area contributed by atoms with E-state index in [4.69, 9.17) is 15.3 Å². The fourth-order valence-corrected chi connectivity index (χ4v) is 1.42. The lowest BCUT2D eigenvalue weighted by Gasteiger charge is -2.33. The highest BCUT2D eigenvalue weighted by Gasteiger charge is 2.35. The van der Waals surface area contributed by atoms with Crippen LogP contribution in [0.15, 0.2) is 0 Å². The molecule has 6 heteroatoms. The number of carboxylic acid groups (broad SMARTS) is 2. The zero-order chi connectivity index (χ0) is 10.0. The molecular formula is C7H11NO5. The van der Waals surface area contributed by atoms with Gasteiger partial charge in [-0.3, -0.25) is 4.90 Å². The molecule has 1 aliphatic rings. The molecule has 74 valence electrons. The Labute approximate surface area is 74.4 Å². The van der Waals surface area contributed by atoms with E-state index >= 15 is 0 Å². The van der Waals surface area contributed by atoms with Crippen LogP contribution in [0.5, 0.6) is 0 Å². The highest BCUT2D eigenvalue weighted by molar-refractivity contribution is 5.79. The average Bonchev–Trinajstić information content (AvgIpc) is 2.03. The van der Waals surface area contributed by atoms with Crippen LogP contribution < -0.4 is 0 Å². The summed E-state index contributed by atoms with van der Waals surface area (Å²) in [6, 6.07) is -1.01. The third kappa shape index (κ3) is 2.09. The van der Waals surface area contributed by atoms with Crippen LogP contribution in [0.4, 0.5) is 4.79 Å². The van der Waals surface area contributed by atoms with E-state index in [2.05, 4.69) is 0 Å². The number of likely N-dealkylation sites (tertiary alicyclic amines) is 1. The molecule has 1 rings (SSSR count). The van der Waals surface area contributed by atoms with E-state index in [1.165, 1.54) is 0 Å². The van der Waals surface area contributed by atoms with Crippen LogP contribution in [0.2, 0.25) is 0 Å². The summed E-state index contributed by atoms with van der Waals surface area (Å²) in [6.45, 7) is -0.119. The molecule has 1 amide bonds. The second-order valence-electron chi connectivity index (χ2n) is 3.02. The van der Waals surface area contributed by atoms with Crippen LogP contribution in [-0.4, -0.2) is 51.0 Å². The second kappa shape index (κ2) is 3.61. The molecule has 1 aliphatic heterocycles. The number of β-amino-alcohol motifs (C(OH)–C–C–N with tert-alkyl or cyclic N) is 1. The highest BCUT2D eigenvalue weighted by atomic mass is 16.4. The van der Waals surface area contributed by atoms with E-state index in [9.17, 15) is 9.59 Å². The lowest BCUT2D eigenvalue weighted by Crippen LogP contribution is -2.51. The minimum atomic E-state index is -1.30. The Balaban J connectivity index is 2.72. The fourth-order valence-electron chi connectivity index (χ4n) is 1.42. The van der Waals surface area contributed by atoms with E-state index in [-0.39, 0.29) is 13.0 Å². The SMILES string of the molecule is O=C(O)[C@H]1CC[C@@H](O)CN1C(=O)O. The molecule has 1 heterocycles. The Kier molecular flexibility index (Phi) is 2.72. The van der Waals surface area contributed by atoms with E-state index in [0.29, 0.717) is 6.42 Å². The van der Waals surface area contributed by atoms with E-state index in [0.717, 1.165) is 4.90 Å². The lowest BCUT2D eigenvalue weighted by molar-refractivity contribution is -0.144. The van der Waals surface area contributed by atoms with Gasteiger partial charge in [-0.2, -0.15) is 0 Å². The van der Waals surface area contributed by atoms with Gasteiger partial charge in [0.2, 0.25) is 0 Å². The largest absolute Gasteiger partial charge is 0.480 e. The standard InChI is InChI=1S/C7H11NO5/c9-4-1-2-5(6(10)11)8(3-4)7(12)13/h4-5,9H,1-3H2,(H,10,11)(H,12,13)/t4-,5-/m1/s1. The van der Waals surface area contributed by atoms with Crippen molar-refractivity contribution in [3.63, 3.8) is 0 Å². The fraction of sp³-hybridized carbons (Fsp3) is 0.714.